The summed E-state index contributed by atoms with van der Waals surface area (Å²) in [6.07, 6.45) is 3.17. The second kappa shape index (κ2) is 6.40. The van der Waals surface area contributed by atoms with Crippen LogP contribution in [0.2, 0.25) is 10.3 Å². The molecule has 1 heterocycles. The summed E-state index contributed by atoms with van der Waals surface area (Å²) in [4.78, 5) is 0. The first-order valence-corrected chi connectivity index (χ1v) is 6.63. The van der Waals surface area contributed by atoms with Crippen molar-refractivity contribution in [1.29, 1.82) is 0 Å². The molecule has 3 nitrogen and oxygen atoms in total. The zero-order valence-corrected chi connectivity index (χ0v) is 11.0. The zero-order valence-electron chi connectivity index (χ0n) is 8.63. The molecule has 1 unspecified atom stereocenters. The molecule has 1 atom stereocenters. The van der Waals surface area contributed by atoms with Gasteiger partial charge in [-0.05, 0) is 12.7 Å². The molecule has 0 bridgehead atoms. The van der Waals surface area contributed by atoms with Crippen molar-refractivity contribution < 1.29 is 0 Å². The topological polar surface area (TPSA) is 37.8 Å². The molecule has 0 radical (unpaired) electrons. The van der Waals surface area contributed by atoms with E-state index in [0.717, 1.165) is 18.7 Å². The highest BCUT2D eigenvalue weighted by molar-refractivity contribution is 7.99. The smallest absolute Gasteiger partial charge is 0.174 e. The van der Waals surface area contributed by atoms with Crippen molar-refractivity contribution >= 4 is 40.7 Å². The molecule has 1 aromatic heterocycles. The third-order valence-corrected chi connectivity index (χ3v) is 3.49. The fourth-order valence-corrected chi connectivity index (χ4v) is 1.66. The van der Waals surface area contributed by atoms with Gasteiger partial charge in [-0.1, -0.05) is 30.1 Å². The summed E-state index contributed by atoms with van der Waals surface area (Å²) in [6.45, 7) is 3.04. The average Bonchev–Trinajstić information content (AvgIpc) is 2.23. The molecule has 0 spiro atoms. The van der Waals surface area contributed by atoms with Crippen LogP contribution in [0, 0.1) is 0 Å². The number of anilines is 1. The Morgan fingerprint density at radius 2 is 2.20 bits per heavy atom. The highest BCUT2D eigenvalue weighted by Gasteiger charge is 2.04. The Bertz CT molecular complexity index is 322. The molecule has 0 amide bonds. The average molecular weight is 266 g/mol. The normalized spacial score (nSPS) is 12.5. The van der Waals surface area contributed by atoms with Gasteiger partial charge < -0.3 is 5.32 Å². The van der Waals surface area contributed by atoms with E-state index in [1.807, 2.05) is 11.8 Å². The molecular weight excluding hydrogens is 253 g/mol. The van der Waals surface area contributed by atoms with Crippen LogP contribution in [0.5, 0.6) is 0 Å². The molecule has 1 aromatic rings. The third-order valence-electron chi connectivity index (χ3n) is 1.99. The lowest BCUT2D eigenvalue weighted by Gasteiger charge is -2.10. The van der Waals surface area contributed by atoms with E-state index in [4.69, 9.17) is 23.2 Å². The number of halogens is 2. The second-order valence-electron chi connectivity index (χ2n) is 3.13. The molecule has 0 aromatic carbocycles. The number of hydrogen-bond acceptors (Lipinski definition) is 4. The summed E-state index contributed by atoms with van der Waals surface area (Å²) in [5.41, 5.74) is 0.741. The lowest BCUT2D eigenvalue weighted by Crippen LogP contribution is -2.08. The Hall–Kier alpha value is -0.190. The molecule has 0 saturated carbocycles. The molecule has 0 fully saturated rings. The third kappa shape index (κ3) is 4.45. The van der Waals surface area contributed by atoms with Crippen molar-refractivity contribution in [2.24, 2.45) is 0 Å². The van der Waals surface area contributed by atoms with E-state index >= 15 is 0 Å². The standard InChI is InChI=1S/C9H13Cl2N3S/c1-6(15-2)3-4-12-7-5-8(10)13-14-9(7)11/h5-6H,3-4H2,1-2H3,(H,12,13). The number of nitrogens with zero attached hydrogens (tertiary/aromatic N) is 2. The van der Waals surface area contributed by atoms with Gasteiger partial charge in [0, 0.05) is 17.9 Å². The highest BCUT2D eigenvalue weighted by Crippen LogP contribution is 2.21. The van der Waals surface area contributed by atoms with Crippen molar-refractivity contribution in [1.82, 2.24) is 10.2 Å². The van der Waals surface area contributed by atoms with Crippen LogP contribution in [-0.2, 0) is 0 Å². The van der Waals surface area contributed by atoms with Gasteiger partial charge in [-0.3, -0.25) is 0 Å². The minimum atomic E-state index is 0.347. The second-order valence-corrected chi connectivity index (χ2v) is 5.15. The van der Waals surface area contributed by atoms with Crippen LogP contribution in [0.3, 0.4) is 0 Å². The van der Waals surface area contributed by atoms with Crippen molar-refractivity contribution in [2.75, 3.05) is 18.1 Å². The van der Waals surface area contributed by atoms with Crippen molar-refractivity contribution in [3.63, 3.8) is 0 Å². The molecule has 1 N–H and O–H groups in total. The van der Waals surface area contributed by atoms with Crippen molar-refractivity contribution in [3.8, 4) is 0 Å². The van der Waals surface area contributed by atoms with Gasteiger partial charge in [0.2, 0.25) is 0 Å². The first-order chi connectivity index (χ1) is 7.13. The van der Waals surface area contributed by atoms with Gasteiger partial charge in [0.05, 0.1) is 5.69 Å². The first kappa shape index (κ1) is 12.9. The van der Waals surface area contributed by atoms with Gasteiger partial charge in [-0.15, -0.1) is 10.2 Å². The van der Waals surface area contributed by atoms with E-state index in [1.165, 1.54) is 0 Å². The molecule has 6 heteroatoms. The quantitative estimate of drug-likeness (QED) is 0.887. The van der Waals surface area contributed by atoms with Gasteiger partial charge in [0.25, 0.3) is 0 Å². The Morgan fingerprint density at radius 1 is 1.47 bits per heavy atom. The van der Waals surface area contributed by atoms with Crippen LogP contribution in [0.25, 0.3) is 0 Å². The minimum Gasteiger partial charge on any atom is -0.382 e. The Morgan fingerprint density at radius 3 is 2.87 bits per heavy atom. The molecular formula is C9H13Cl2N3S. The molecule has 0 aliphatic rings. The van der Waals surface area contributed by atoms with Gasteiger partial charge in [-0.2, -0.15) is 11.8 Å². The van der Waals surface area contributed by atoms with E-state index in [-0.39, 0.29) is 0 Å². The maximum absolute atomic E-state index is 5.85. The maximum Gasteiger partial charge on any atom is 0.174 e. The number of nitrogens with one attached hydrogen (secondary N) is 1. The van der Waals surface area contributed by atoms with Gasteiger partial charge in [0.1, 0.15) is 0 Å². The van der Waals surface area contributed by atoms with Gasteiger partial charge in [-0.25, -0.2) is 0 Å². The molecule has 0 aliphatic carbocycles. The van der Waals surface area contributed by atoms with E-state index in [1.54, 1.807) is 6.07 Å². The summed E-state index contributed by atoms with van der Waals surface area (Å²) in [6, 6.07) is 1.68. The van der Waals surface area contributed by atoms with Crippen LogP contribution >= 0.6 is 35.0 Å². The number of hydrogen-bond donors (Lipinski definition) is 1. The molecule has 15 heavy (non-hydrogen) atoms. The Kier molecular flexibility index (Phi) is 5.50. The number of rotatable bonds is 5. The monoisotopic (exact) mass is 265 g/mol. The summed E-state index contributed by atoms with van der Waals surface area (Å²) in [5.74, 6) is 0. The highest BCUT2D eigenvalue weighted by atomic mass is 35.5. The first-order valence-electron chi connectivity index (χ1n) is 4.59. The molecule has 1 rings (SSSR count). The van der Waals surface area contributed by atoms with Crippen LogP contribution in [0.1, 0.15) is 13.3 Å². The van der Waals surface area contributed by atoms with Crippen LogP contribution < -0.4 is 5.32 Å². The lowest BCUT2D eigenvalue weighted by atomic mass is 10.3. The summed E-state index contributed by atoms with van der Waals surface area (Å²) >= 11 is 13.4. The van der Waals surface area contributed by atoms with Crippen LogP contribution in [0.15, 0.2) is 6.07 Å². The fourth-order valence-electron chi connectivity index (χ4n) is 1.00. The van der Waals surface area contributed by atoms with Crippen molar-refractivity contribution in [3.05, 3.63) is 16.4 Å². The fraction of sp³-hybridized carbons (Fsp3) is 0.556. The SMILES string of the molecule is CSC(C)CCNc1cc(Cl)nnc1Cl. The molecule has 0 saturated heterocycles. The predicted molar refractivity (Wildman–Crippen MR) is 68.1 cm³/mol. The van der Waals surface area contributed by atoms with Gasteiger partial charge >= 0.3 is 0 Å². The summed E-state index contributed by atoms with van der Waals surface area (Å²) < 4.78 is 0. The maximum atomic E-state index is 5.85. The summed E-state index contributed by atoms with van der Waals surface area (Å²) in [5, 5.41) is 11.9. The predicted octanol–water partition coefficient (Wildman–Crippen LogP) is 3.34. The molecule has 0 aliphatic heterocycles. The van der Waals surface area contributed by atoms with Crippen LogP contribution in [-0.4, -0.2) is 28.2 Å². The lowest BCUT2D eigenvalue weighted by molar-refractivity contribution is 0.852. The van der Waals surface area contributed by atoms with E-state index < -0.39 is 0 Å². The summed E-state index contributed by atoms with van der Waals surface area (Å²) in [7, 11) is 0. The van der Waals surface area contributed by atoms with Crippen LogP contribution in [0.4, 0.5) is 5.69 Å². The van der Waals surface area contributed by atoms with E-state index in [2.05, 4.69) is 28.7 Å². The largest absolute Gasteiger partial charge is 0.382 e. The van der Waals surface area contributed by atoms with Gasteiger partial charge in [0.15, 0.2) is 10.3 Å². The minimum absolute atomic E-state index is 0.347. The number of aromatic nitrogens is 2. The van der Waals surface area contributed by atoms with E-state index in [0.29, 0.717) is 15.6 Å². The number of thioether (sulfide) groups is 1. The van der Waals surface area contributed by atoms with Crippen molar-refractivity contribution in [2.45, 2.75) is 18.6 Å². The zero-order chi connectivity index (χ0) is 11.3. The Balaban J connectivity index is 2.46. The van der Waals surface area contributed by atoms with E-state index in [9.17, 15) is 0 Å². The Labute approximate surface area is 104 Å². The molecule has 84 valence electrons.